The second-order valence-corrected chi connectivity index (χ2v) is 8.13. The lowest BCUT2D eigenvalue weighted by atomic mass is 10.2. The molecule has 0 N–H and O–H groups in total. The van der Waals surface area contributed by atoms with Gasteiger partial charge in [0.2, 0.25) is 5.89 Å². The maximum absolute atomic E-state index is 12.1. The van der Waals surface area contributed by atoms with Crippen molar-refractivity contribution in [2.75, 3.05) is 6.61 Å². The van der Waals surface area contributed by atoms with Crippen molar-refractivity contribution in [2.24, 2.45) is 0 Å². The number of nitrogens with zero attached hydrogens (tertiary/aromatic N) is 3. The van der Waals surface area contributed by atoms with Crippen molar-refractivity contribution in [3.8, 4) is 17.2 Å². The molecule has 0 radical (unpaired) electrons. The smallest absolute Gasteiger partial charge is 0.344 e. The van der Waals surface area contributed by atoms with E-state index in [1.165, 1.54) is 0 Å². The largest absolute Gasteiger partial charge is 0.481 e. The van der Waals surface area contributed by atoms with Crippen molar-refractivity contribution < 1.29 is 18.7 Å². The molecule has 0 unspecified atom stereocenters. The van der Waals surface area contributed by atoms with E-state index in [2.05, 4.69) is 9.97 Å². The van der Waals surface area contributed by atoms with Crippen LogP contribution in [0.2, 0.25) is 0 Å². The lowest BCUT2D eigenvalue weighted by Crippen LogP contribution is -2.15. The first-order valence-corrected chi connectivity index (χ1v) is 11.5. The number of aromatic nitrogens is 3. The van der Waals surface area contributed by atoms with Crippen molar-refractivity contribution in [3.05, 3.63) is 102 Å². The Morgan fingerprint density at radius 2 is 1.77 bits per heavy atom. The number of benzene rings is 2. The van der Waals surface area contributed by atoms with Gasteiger partial charge < -0.3 is 18.5 Å². The van der Waals surface area contributed by atoms with Crippen molar-refractivity contribution in [1.29, 1.82) is 0 Å². The minimum Gasteiger partial charge on any atom is -0.481 e. The molecule has 3 aromatic heterocycles. The number of rotatable bonds is 9. The minimum absolute atomic E-state index is 0.169. The van der Waals surface area contributed by atoms with Crippen LogP contribution in [0.4, 0.5) is 0 Å². The fourth-order valence-electron chi connectivity index (χ4n) is 3.88. The molecule has 5 aromatic rings. The SMILES string of the molecule is Cc1oc(-c2ccccc2)nc1CCn1ccc2c(OCC(=O)OCc3ccccc3)ccnc21. The van der Waals surface area contributed by atoms with Crippen LogP contribution in [0, 0.1) is 6.92 Å². The molecule has 7 heteroatoms. The molecule has 0 amide bonds. The van der Waals surface area contributed by atoms with E-state index in [0.717, 1.165) is 33.6 Å². The van der Waals surface area contributed by atoms with Crippen molar-refractivity contribution in [2.45, 2.75) is 26.5 Å². The Hall–Kier alpha value is -4.39. The highest BCUT2D eigenvalue weighted by atomic mass is 16.6. The lowest BCUT2D eigenvalue weighted by Gasteiger charge is -2.09. The zero-order valence-electron chi connectivity index (χ0n) is 19.4. The number of oxazole rings is 1. The number of carbonyl (C=O) groups excluding carboxylic acids is 1. The van der Waals surface area contributed by atoms with E-state index >= 15 is 0 Å². The van der Waals surface area contributed by atoms with Gasteiger partial charge in [-0.05, 0) is 36.8 Å². The molecule has 2 aromatic carbocycles. The van der Waals surface area contributed by atoms with Crippen LogP contribution in [0.5, 0.6) is 5.75 Å². The third kappa shape index (κ3) is 5.24. The van der Waals surface area contributed by atoms with Gasteiger partial charge in [0.05, 0.1) is 11.1 Å². The van der Waals surface area contributed by atoms with Gasteiger partial charge in [-0.25, -0.2) is 14.8 Å². The number of esters is 1. The minimum atomic E-state index is -0.422. The predicted molar refractivity (Wildman–Crippen MR) is 132 cm³/mol. The van der Waals surface area contributed by atoms with Gasteiger partial charge in [-0.2, -0.15) is 0 Å². The Balaban J connectivity index is 1.22. The van der Waals surface area contributed by atoms with Crippen molar-refractivity contribution >= 4 is 17.0 Å². The molecule has 176 valence electrons. The van der Waals surface area contributed by atoms with E-state index in [1.807, 2.05) is 84.4 Å². The fraction of sp³-hybridized carbons (Fsp3) is 0.179. The monoisotopic (exact) mass is 467 g/mol. The van der Waals surface area contributed by atoms with Gasteiger partial charge in [-0.15, -0.1) is 0 Å². The third-order valence-electron chi connectivity index (χ3n) is 5.71. The van der Waals surface area contributed by atoms with Gasteiger partial charge in [0.25, 0.3) is 0 Å². The molecule has 5 rings (SSSR count). The summed E-state index contributed by atoms with van der Waals surface area (Å²) >= 11 is 0. The third-order valence-corrected chi connectivity index (χ3v) is 5.71. The number of hydrogen-bond donors (Lipinski definition) is 0. The average Bonchev–Trinajstić information content (AvgIpc) is 3.49. The van der Waals surface area contributed by atoms with Gasteiger partial charge >= 0.3 is 5.97 Å². The lowest BCUT2D eigenvalue weighted by molar-refractivity contribution is -0.147. The number of ether oxygens (including phenoxy) is 2. The Morgan fingerprint density at radius 1 is 1.00 bits per heavy atom. The van der Waals surface area contributed by atoms with E-state index in [-0.39, 0.29) is 13.2 Å². The predicted octanol–water partition coefficient (Wildman–Crippen LogP) is 5.36. The van der Waals surface area contributed by atoms with Crippen LogP contribution < -0.4 is 4.74 Å². The summed E-state index contributed by atoms with van der Waals surface area (Å²) in [6.07, 6.45) is 4.34. The number of hydrogen-bond acceptors (Lipinski definition) is 6. The Bertz CT molecular complexity index is 1420. The number of aryl methyl sites for hydroxylation is 3. The van der Waals surface area contributed by atoms with E-state index in [0.29, 0.717) is 24.6 Å². The van der Waals surface area contributed by atoms with Gasteiger partial charge in [0.1, 0.15) is 23.8 Å². The molecule has 0 fully saturated rings. The Labute approximate surface area is 203 Å². The molecular formula is C28H25N3O4. The van der Waals surface area contributed by atoms with Crippen molar-refractivity contribution in [3.63, 3.8) is 0 Å². The molecule has 35 heavy (non-hydrogen) atoms. The first-order valence-electron chi connectivity index (χ1n) is 11.5. The molecule has 0 aliphatic carbocycles. The van der Waals surface area contributed by atoms with Crippen LogP contribution in [-0.2, 0) is 29.1 Å². The van der Waals surface area contributed by atoms with E-state index in [1.54, 1.807) is 12.3 Å². The molecule has 3 heterocycles. The molecule has 0 aliphatic rings. The first kappa shape index (κ1) is 22.4. The van der Waals surface area contributed by atoms with Gasteiger partial charge in [-0.1, -0.05) is 48.5 Å². The molecule has 0 saturated heterocycles. The fourth-order valence-corrected chi connectivity index (χ4v) is 3.88. The van der Waals surface area contributed by atoms with Crippen molar-refractivity contribution in [1.82, 2.24) is 14.5 Å². The standard InChI is InChI=1S/C28H25N3O4/c1-20-24(30-28(35-20)22-10-6-3-7-11-22)14-17-31-16-13-23-25(12-15-29-27(23)31)33-19-26(32)34-18-21-8-4-2-5-9-21/h2-13,15-16H,14,17-19H2,1H3. The van der Waals surface area contributed by atoms with Gasteiger partial charge in [-0.3, -0.25) is 0 Å². The molecule has 0 spiro atoms. The molecule has 0 atom stereocenters. The summed E-state index contributed by atoms with van der Waals surface area (Å²) in [5.74, 6) is 1.61. The summed E-state index contributed by atoms with van der Waals surface area (Å²) in [5.41, 5.74) is 3.59. The topological polar surface area (TPSA) is 79.4 Å². The zero-order valence-corrected chi connectivity index (χ0v) is 19.4. The summed E-state index contributed by atoms with van der Waals surface area (Å²) < 4.78 is 19.0. The van der Waals surface area contributed by atoms with Crippen LogP contribution in [-0.4, -0.2) is 27.1 Å². The molecule has 7 nitrogen and oxygen atoms in total. The zero-order chi connectivity index (χ0) is 24.0. The van der Waals surface area contributed by atoms with E-state index < -0.39 is 5.97 Å². The summed E-state index contributed by atoms with van der Waals surface area (Å²) in [6, 6.07) is 23.1. The van der Waals surface area contributed by atoms with Gasteiger partial charge in [0.15, 0.2) is 6.61 Å². The second-order valence-electron chi connectivity index (χ2n) is 8.13. The van der Waals surface area contributed by atoms with Crippen LogP contribution in [0.1, 0.15) is 17.0 Å². The van der Waals surface area contributed by atoms with Crippen LogP contribution in [0.3, 0.4) is 0 Å². The second kappa shape index (κ2) is 10.3. The van der Waals surface area contributed by atoms with Crippen LogP contribution >= 0.6 is 0 Å². The summed E-state index contributed by atoms with van der Waals surface area (Å²) in [4.78, 5) is 21.3. The van der Waals surface area contributed by atoms with E-state index in [9.17, 15) is 4.79 Å². The summed E-state index contributed by atoms with van der Waals surface area (Å²) in [5, 5.41) is 0.838. The number of carbonyl (C=O) groups is 1. The maximum Gasteiger partial charge on any atom is 0.344 e. The highest BCUT2D eigenvalue weighted by Gasteiger charge is 2.14. The van der Waals surface area contributed by atoms with Crippen LogP contribution in [0.15, 0.2) is 89.6 Å². The average molecular weight is 468 g/mol. The molecule has 0 aliphatic heterocycles. The van der Waals surface area contributed by atoms with E-state index in [4.69, 9.17) is 13.9 Å². The maximum atomic E-state index is 12.1. The highest BCUT2D eigenvalue weighted by molar-refractivity contribution is 5.83. The van der Waals surface area contributed by atoms with Gasteiger partial charge in [0, 0.05) is 30.9 Å². The van der Waals surface area contributed by atoms with Crippen LogP contribution in [0.25, 0.3) is 22.5 Å². The number of fused-ring (bicyclic) bond motifs is 1. The molecule has 0 saturated carbocycles. The normalized spacial score (nSPS) is 11.0. The Kier molecular flexibility index (Phi) is 6.57. The summed E-state index contributed by atoms with van der Waals surface area (Å²) in [6.45, 7) is 2.67. The molecule has 0 bridgehead atoms. The number of pyridine rings is 1. The highest BCUT2D eigenvalue weighted by Crippen LogP contribution is 2.26. The quantitative estimate of drug-likeness (QED) is 0.271. The molecular weight excluding hydrogens is 442 g/mol. The summed E-state index contributed by atoms with van der Waals surface area (Å²) in [7, 11) is 0. The Morgan fingerprint density at radius 3 is 2.57 bits per heavy atom. The first-order chi connectivity index (χ1) is 17.2.